The highest BCUT2D eigenvalue weighted by atomic mass is 16.5. The molecule has 1 rings (SSSR count). The minimum atomic E-state index is -0.0197. The Morgan fingerprint density at radius 1 is 1.20 bits per heavy atom. The number of carbonyl (C=O) groups excluding carboxylic acids is 1. The molecule has 1 aromatic rings. The maximum atomic E-state index is 11.6. The fourth-order valence-electron chi connectivity index (χ4n) is 1.91. The first-order valence-corrected chi connectivity index (χ1v) is 6.72. The quantitative estimate of drug-likeness (QED) is 0.800. The monoisotopic (exact) mass is 280 g/mol. The molecule has 1 aromatic carbocycles. The summed E-state index contributed by atoms with van der Waals surface area (Å²) in [4.78, 5) is 11.6. The van der Waals surface area contributed by atoms with Gasteiger partial charge in [0.1, 0.15) is 11.5 Å². The summed E-state index contributed by atoms with van der Waals surface area (Å²) in [5.41, 5.74) is 0.962. The van der Waals surface area contributed by atoms with E-state index in [4.69, 9.17) is 9.47 Å². The number of amides is 1. The summed E-state index contributed by atoms with van der Waals surface area (Å²) in [7, 11) is 3.25. The molecule has 5 nitrogen and oxygen atoms in total. The Balaban J connectivity index is 2.71. The minimum Gasteiger partial charge on any atom is -0.497 e. The number of hydrogen-bond acceptors (Lipinski definition) is 4. The van der Waals surface area contributed by atoms with Gasteiger partial charge in [0.25, 0.3) is 0 Å². The van der Waals surface area contributed by atoms with Crippen molar-refractivity contribution in [2.75, 3.05) is 20.8 Å². The lowest BCUT2D eigenvalue weighted by Gasteiger charge is -2.18. The van der Waals surface area contributed by atoms with E-state index in [0.717, 1.165) is 17.1 Å². The van der Waals surface area contributed by atoms with Gasteiger partial charge in [-0.1, -0.05) is 0 Å². The molecule has 0 radical (unpaired) electrons. The zero-order chi connectivity index (χ0) is 15.1. The minimum absolute atomic E-state index is 0.0158. The highest BCUT2D eigenvalue weighted by Crippen LogP contribution is 2.28. The largest absolute Gasteiger partial charge is 0.497 e. The standard InChI is InChI=1S/C15H24N2O3/c1-10(2)17-15(18)9-16-11(3)13-8-12(19-4)6-7-14(13)20-5/h6-8,10-11,16H,9H2,1-5H3,(H,17,18). The maximum Gasteiger partial charge on any atom is 0.234 e. The topological polar surface area (TPSA) is 59.6 Å². The van der Waals surface area contributed by atoms with Gasteiger partial charge >= 0.3 is 0 Å². The Bertz CT molecular complexity index is 447. The summed E-state index contributed by atoms with van der Waals surface area (Å²) in [6.45, 7) is 6.12. The second-order valence-corrected chi connectivity index (χ2v) is 4.93. The molecule has 0 saturated heterocycles. The Morgan fingerprint density at radius 3 is 2.45 bits per heavy atom. The van der Waals surface area contributed by atoms with Crippen LogP contribution in [0.25, 0.3) is 0 Å². The summed E-state index contributed by atoms with van der Waals surface area (Å²) < 4.78 is 10.6. The summed E-state index contributed by atoms with van der Waals surface area (Å²) in [5, 5.41) is 6.03. The van der Waals surface area contributed by atoms with Crippen LogP contribution in [0.3, 0.4) is 0 Å². The highest BCUT2D eigenvalue weighted by Gasteiger charge is 2.14. The second kappa shape index (κ2) is 7.75. The van der Waals surface area contributed by atoms with Gasteiger partial charge in [0.2, 0.25) is 5.91 Å². The highest BCUT2D eigenvalue weighted by molar-refractivity contribution is 5.78. The zero-order valence-electron chi connectivity index (χ0n) is 12.8. The average molecular weight is 280 g/mol. The van der Waals surface area contributed by atoms with Crippen LogP contribution < -0.4 is 20.1 Å². The molecule has 112 valence electrons. The van der Waals surface area contributed by atoms with Crippen LogP contribution in [-0.2, 0) is 4.79 Å². The first kappa shape index (κ1) is 16.3. The third-order valence-electron chi connectivity index (χ3n) is 2.92. The van der Waals surface area contributed by atoms with Crippen LogP contribution in [0.4, 0.5) is 0 Å². The zero-order valence-corrected chi connectivity index (χ0v) is 12.8. The Kier molecular flexibility index (Phi) is 6.31. The molecule has 0 aromatic heterocycles. The lowest BCUT2D eigenvalue weighted by molar-refractivity contribution is -0.120. The van der Waals surface area contributed by atoms with Gasteiger partial charge in [0.05, 0.1) is 20.8 Å². The van der Waals surface area contributed by atoms with E-state index in [1.54, 1.807) is 14.2 Å². The summed E-state index contributed by atoms with van der Waals surface area (Å²) in [6.07, 6.45) is 0. The number of ether oxygens (including phenoxy) is 2. The van der Waals surface area contributed by atoms with E-state index in [-0.39, 0.29) is 24.5 Å². The van der Waals surface area contributed by atoms with E-state index in [0.29, 0.717) is 0 Å². The normalized spacial score (nSPS) is 12.1. The Labute approximate surface area is 120 Å². The third kappa shape index (κ3) is 4.74. The number of methoxy groups -OCH3 is 2. The van der Waals surface area contributed by atoms with Crippen molar-refractivity contribution in [1.82, 2.24) is 10.6 Å². The fourth-order valence-corrected chi connectivity index (χ4v) is 1.91. The van der Waals surface area contributed by atoms with E-state index in [1.807, 2.05) is 39.0 Å². The van der Waals surface area contributed by atoms with Crippen LogP contribution in [0.5, 0.6) is 11.5 Å². The summed E-state index contributed by atoms with van der Waals surface area (Å²) >= 11 is 0. The molecule has 0 spiro atoms. The Morgan fingerprint density at radius 2 is 1.90 bits per heavy atom. The summed E-state index contributed by atoms with van der Waals surface area (Å²) in [5.74, 6) is 1.52. The number of hydrogen-bond donors (Lipinski definition) is 2. The number of rotatable bonds is 7. The molecule has 0 bridgehead atoms. The van der Waals surface area contributed by atoms with E-state index in [9.17, 15) is 4.79 Å². The van der Waals surface area contributed by atoms with Crippen molar-refractivity contribution in [2.45, 2.75) is 32.9 Å². The van der Waals surface area contributed by atoms with Gasteiger partial charge in [-0.05, 0) is 39.0 Å². The van der Waals surface area contributed by atoms with Crippen molar-refractivity contribution in [3.8, 4) is 11.5 Å². The van der Waals surface area contributed by atoms with Crippen molar-refractivity contribution >= 4 is 5.91 Å². The molecule has 0 saturated carbocycles. The Hall–Kier alpha value is -1.75. The van der Waals surface area contributed by atoms with Crippen molar-refractivity contribution < 1.29 is 14.3 Å². The molecular formula is C15H24N2O3. The van der Waals surface area contributed by atoms with E-state index in [2.05, 4.69) is 10.6 Å². The van der Waals surface area contributed by atoms with Crippen molar-refractivity contribution in [2.24, 2.45) is 0 Å². The van der Waals surface area contributed by atoms with Gasteiger partial charge < -0.3 is 20.1 Å². The van der Waals surface area contributed by atoms with Gasteiger partial charge in [-0.3, -0.25) is 4.79 Å². The molecular weight excluding hydrogens is 256 g/mol. The van der Waals surface area contributed by atoms with Gasteiger partial charge in [-0.25, -0.2) is 0 Å². The van der Waals surface area contributed by atoms with Gasteiger partial charge in [0, 0.05) is 17.6 Å². The number of carbonyl (C=O) groups is 1. The molecule has 1 unspecified atom stereocenters. The number of nitrogens with one attached hydrogen (secondary N) is 2. The fraction of sp³-hybridized carbons (Fsp3) is 0.533. The SMILES string of the molecule is COc1ccc(OC)c(C(C)NCC(=O)NC(C)C)c1. The predicted molar refractivity (Wildman–Crippen MR) is 79.2 cm³/mol. The molecule has 0 fully saturated rings. The second-order valence-electron chi connectivity index (χ2n) is 4.93. The lowest BCUT2D eigenvalue weighted by Crippen LogP contribution is -2.38. The van der Waals surface area contributed by atoms with Gasteiger partial charge in [-0.2, -0.15) is 0 Å². The molecule has 0 aliphatic carbocycles. The van der Waals surface area contributed by atoms with Crippen molar-refractivity contribution in [3.63, 3.8) is 0 Å². The predicted octanol–water partition coefficient (Wildman–Crippen LogP) is 1.88. The van der Waals surface area contributed by atoms with Crippen LogP contribution >= 0.6 is 0 Å². The molecule has 0 aliphatic rings. The summed E-state index contributed by atoms with van der Waals surface area (Å²) in [6, 6.07) is 5.75. The molecule has 2 N–H and O–H groups in total. The molecule has 0 heterocycles. The van der Waals surface area contributed by atoms with Gasteiger partial charge in [-0.15, -0.1) is 0 Å². The van der Waals surface area contributed by atoms with Crippen LogP contribution in [0, 0.1) is 0 Å². The molecule has 1 atom stereocenters. The van der Waals surface area contributed by atoms with Crippen LogP contribution in [0.1, 0.15) is 32.4 Å². The molecule has 0 aliphatic heterocycles. The van der Waals surface area contributed by atoms with Gasteiger partial charge in [0.15, 0.2) is 0 Å². The number of benzene rings is 1. The van der Waals surface area contributed by atoms with Crippen molar-refractivity contribution in [1.29, 1.82) is 0 Å². The maximum absolute atomic E-state index is 11.6. The lowest BCUT2D eigenvalue weighted by atomic mass is 10.1. The van der Waals surface area contributed by atoms with Crippen LogP contribution in [0.2, 0.25) is 0 Å². The third-order valence-corrected chi connectivity index (χ3v) is 2.92. The smallest absolute Gasteiger partial charge is 0.234 e. The van der Waals surface area contributed by atoms with E-state index in [1.165, 1.54) is 0 Å². The van der Waals surface area contributed by atoms with Crippen LogP contribution in [0.15, 0.2) is 18.2 Å². The molecule has 20 heavy (non-hydrogen) atoms. The molecule has 5 heteroatoms. The first-order valence-electron chi connectivity index (χ1n) is 6.72. The first-order chi connectivity index (χ1) is 9.47. The van der Waals surface area contributed by atoms with Crippen LogP contribution in [-0.4, -0.2) is 32.7 Å². The van der Waals surface area contributed by atoms with E-state index < -0.39 is 0 Å². The van der Waals surface area contributed by atoms with E-state index >= 15 is 0 Å². The van der Waals surface area contributed by atoms with Crippen molar-refractivity contribution in [3.05, 3.63) is 23.8 Å². The molecule has 1 amide bonds. The average Bonchev–Trinajstić information content (AvgIpc) is 2.43.